The largest absolute Gasteiger partial charge is 0.756 e. The summed E-state index contributed by atoms with van der Waals surface area (Å²) in [7, 11) is 1.18. The first-order valence-corrected chi connectivity index (χ1v) is 27.5. The lowest BCUT2D eigenvalue weighted by molar-refractivity contribution is -0.870. The van der Waals surface area contributed by atoms with E-state index >= 15 is 0 Å². The summed E-state index contributed by atoms with van der Waals surface area (Å²) in [5.74, 6) is 3.40. The predicted molar refractivity (Wildman–Crippen MR) is 252 cm³/mol. The molecule has 0 aromatic heterocycles. The van der Waals surface area contributed by atoms with Crippen LogP contribution in [0.25, 0.3) is 0 Å². The van der Waals surface area contributed by atoms with Crippen LogP contribution in [0.5, 0.6) is 0 Å². The molecular formula is C52H96NO8P. The van der Waals surface area contributed by atoms with E-state index in [2.05, 4.69) is 47.6 Å². The molecule has 1 N–H and O–H groups in total. The van der Waals surface area contributed by atoms with E-state index in [1.54, 1.807) is 0 Å². The number of hydrogen-bond donors (Lipinski definition) is 1. The van der Waals surface area contributed by atoms with Gasteiger partial charge in [-0.3, -0.25) is 4.57 Å². The molecule has 4 aliphatic rings. The number of likely N-dealkylation sites (N-methyl/N-ethyl adjacent to an activating group) is 1. The number of fused-ring (bicyclic) bond motifs is 5. The first kappa shape index (κ1) is 53.8. The maximum atomic E-state index is 13.0. The number of allylic oxidation sites excluding steroid dienone is 1. The molecule has 0 aromatic rings. The molecule has 0 spiro atoms. The molecule has 4 rings (SSSR count). The van der Waals surface area contributed by atoms with Crippen LogP contribution in [0.3, 0.4) is 0 Å². The highest BCUT2D eigenvalue weighted by Gasteiger charge is 2.59. The Balaban J connectivity index is 1.32. The minimum atomic E-state index is -4.69. The summed E-state index contributed by atoms with van der Waals surface area (Å²) in [6.07, 6.45) is 30.1. The topological polar surface area (TPSA) is 114 Å². The normalized spacial score (nSPS) is 29.9. The summed E-state index contributed by atoms with van der Waals surface area (Å²) in [4.78, 5) is 25.8. The molecular weight excluding hydrogens is 798 g/mol. The van der Waals surface area contributed by atoms with Gasteiger partial charge in [0.25, 0.3) is 7.82 Å². The summed E-state index contributed by atoms with van der Waals surface area (Å²) >= 11 is 0. The molecule has 0 aliphatic heterocycles. The van der Waals surface area contributed by atoms with Gasteiger partial charge in [-0.2, -0.15) is 0 Å². The first-order valence-electron chi connectivity index (χ1n) is 26.0. The van der Waals surface area contributed by atoms with Crippen molar-refractivity contribution in [3.8, 4) is 0 Å². The van der Waals surface area contributed by atoms with Crippen LogP contribution < -0.4 is 4.89 Å². The second-order valence-corrected chi connectivity index (χ2v) is 24.1. The van der Waals surface area contributed by atoms with Crippen LogP contribution in [0.15, 0.2) is 11.6 Å². The maximum Gasteiger partial charge on any atom is 0.335 e. The molecule has 0 amide bonds. The third-order valence-electron chi connectivity index (χ3n) is 16.4. The first-order chi connectivity index (χ1) is 29.4. The smallest absolute Gasteiger partial charge is 0.335 e. The van der Waals surface area contributed by atoms with E-state index < -0.39 is 32.6 Å². The molecule has 0 radical (unpaired) electrons. The number of rotatable bonds is 32. The average molecular weight is 894 g/mol. The van der Waals surface area contributed by atoms with Gasteiger partial charge in [-0.05, 0) is 104 Å². The van der Waals surface area contributed by atoms with Crippen LogP contribution in [-0.4, -0.2) is 81.4 Å². The van der Waals surface area contributed by atoms with Gasteiger partial charge in [0.15, 0.2) is 6.10 Å². The van der Waals surface area contributed by atoms with E-state index in [1.807, 2.05) is 21.1 Å². The third-order valence-corrected chi connectivity index (χ3v) is 17.4. The molecule has 0 bridgehead atoms. The van der Waals surface area contributed by atoms with Crippen LogP contribution in [0.2, 0.25) is 0 Å². The van der Waals surface area contributed by atoms with Crippen LogP contribution in [-0.2, 0) is 27.9 Å². The van der Waals surface area contributed by atoms with Gasteiger partial charge < -0.3 is 33.0 Å². The van der Waals surface area contributed by atoms with Gasteiger partial charge in [0, 0.05) is 6.61 Å². The van der Waals surface area contributed by atoms with Gasteiger partial charge in [-0.25, -0.2) is 4.79 Å². The molecule has 9 nitrogen and oxygen atoms in total. The van der Waals surface area contributed by atoms with Crippen molar-refractivity contribution in [2.45, 2.75) is 220 Å². The van der Waals surface area contributed by atoms with Crippen molar-refractivity contribution in [1.29, 1.82) is 0 Å². The van der Waals surface area contributed by atoms with Crippen molar-refractivity contribution in [3.63, 3.8) is 0 Å². The highest BCUT2D eigenvalue weighted by atomic mass is 31.2. The van der Waals surface area contributed by atoms with Crippen molar-refractivity contribution in [1.82, 2.24) is 0 Å². The van der Waals surface area contributed by atoms with Gasteiger partial charge in [-0.1, -0.05) is 156 Å². The van der Waals surface area contributed by atoms with Gasteiger partial charge in [0.1, 0.15) is 19.3 Å². The van der Waals surface area contributed by atoms with Crippen LogP contribution in [0.4, 0.5) is 0 Å². The Bertz CT molecular complexity index is 1380. The van der Waals surface area contributed by atoms with Crippen molar-refractivity contribution in [3.05, 3.63) is 11.6 Å². The molecule has 11 atom stereocenters. The van der Waals surface area contributed by atoms with E-state index in [0.29, 0.717) is 35.4 Å². The number of nitrogens with zero attached hydrogens (tertiary/aromatic N) is 1. The van der Waals surface area contributed by atoms with Crippen LogP contribution in [0, 0.1) is 46.3 Å². The highest BCUT2D eigenvalue weighted by Crippen LogP contribution is 2.67. The van der Waals surface area contributed by atoms with Crippen molar-refractivity contribution in [2.24, 2.45) is 46.3 Å². The lowest BCUT2D eigenvalue weighted by Crippen LogP contribution is -2.51. The van der Waals surface area contributed by atoms with Crippen molar-refractivity contribution < 1.29 is 42.4 Å². The fraction of sp³-hybridized carbons (Fsp3) is 0.942. The fourth-order valence-corrected chi connectivity index (χ4v) is 13.4. The molecule has 10 heteroatoms. The van der Waals surface area contributed by atoms with Crippen LogP contribution >= 0.6 is 7.82 Å². The highest BCUT2D eigenvalue weighted by molar-refractivity contribution is 7.45. The number of carboxylic acid groups (broad SMARTS) is 1. The van der Waals surface area contributed by atoms with Gasteiger partial charge in [0.05, 0.1) is 33.9 Å². The Morgan fingerprint density at radius 1 is 0.823 bits per heavy atom. The molecule has 0 saturated heterocycles. The molecule has 7 unspecified atom stereocenters. The second kappa shape index (κ2) is 25.9. The number of phosphoric ester groups is 1. The second-order valence-electron chi connectivity index (χ2n) is 22.6. The Morgan fingerprint density at radius 2 is 1.45 bits per heavy atom. The number of quaternary nitrogens is 1. The van der Waals surface area contributed by atoms with Crippen LogP contribution in [0.1, 0.15) is 202 Å². The molecule has 3 fully saturated rings. The van der Waals surface area contributed by atoms with E-state index in [-0.39, 0.29) is 18.1 Å². The number of unbranched alkanes of at least 4 members (excludes halogenated alkanes) is 13. The Hall–Kier alpha value is -0.800. The molecule has 62 heavy (non-hydrogen) atoms. The minimum absolute atomic E-state index is 0.0242. The standard InChI is InChI=1S/C52H96NO8P/c1-10-11-12-13-14-15-16-17-18-19-20-21-22-23-36-58-48(39-60-62(56,57)59-37-35-53(7,8)9)49(50(54)55)61-43-31-33-51(5)42(38-43)27-28-44-46-30-29-45(41(4)26-24-25-40(2)3)52(46,6)34-32-47(44)51/h27,40-41,43-49H,10-26,28-39H2,1-9H3,(H-,54,55,56,57)/t41-,43?,44?,45-,46?,47?,48?,49?,51+,52-/m1/s1. The van der Waals surface area contributed by atoms with E-state index in [1.165, 1.54) is 121 Å². The van der Waals surface area contributed by atoms with E-state index in [9.17, 15) is 19.4 Å². The lowest BCUT2D eigenvalue weighted by atomic mass is 9.47. The Labute approximate surface area is 380 Å². The van der Waals surface area contributed by atoms with Gasteiger partial charge in [0.2, 0.25) is 0 Å². The molecule has 3 saturated carbocycles. The zero-order valence-corrected chi connectivity index (χ0v) is 42.4. The fourth-order valence-electron chi connectivity index (χ4n) is 12.7. The maximum absolute atomic E-state index is 13.0. The summed E-state index contributed by atoms with van der Waals surface area (Å²) in [6, 6.07) is 0. The van der Waals surface area contributed by atoms with E-state index in [0.717, 1.165) is 68.1 Å². The predicted octanol–water partition coefficient (Wildman–Crippen LogP) is 12.9. The number of carboxylic acids is 1. The van der Waals surface area contributed by atoms with E-state index in [4.69, 9.17) is 18.5 Å². The quantitative estimate of drug-likeness (QED) is 0.0307. The summed E-state index contributed by atoms with van der Waals surface area (Å²) in [5, 5.41) is 10.6. The zero-order valence-electron chi connectivity index (χ0n) is 41.5. The zero-order chi connectivity index (χ0) is 45.4. The third kappa shape index (κ3) is 16.5. The Morgan fingerprint density at radius 3 is 2.05 bits per heavy atom. The van der Waals surface area contributed by atoms with Gasteiger partial charge >= 0.3 is 5.97 Å². The van der Waals surface area contributed by atoms with Crippen molar-refractivity contribution in [2.75, 3.05) is 47.5 Å². The summed E-state index contributed by atoms with van der Waals surface area (Å²) in [5.41, 5.74) is 1.98. The minimum Gasteiger partial charge on any atom is -0.756 e. The number of aliphatic carboxylic acids is 1. The monoisotopic (exact) mass is 894 g/mol. The van der Waals surface area contributed by atoms with Gasteiger partial charge in [-0.15, -0.1) is 0 Å². The van der Waals surface area contributed by atoms with Crippen molar-refractivity contribution >= 4 is 13.8 Å². The summed E-state index contributed by atoms with van der Waals surface area (Å²) in [6.45, 7) is 14.9. The summed E-state index contributed by atoms with van der Waals surface area (Å²) < 4.78 is 36.6. The Kier molecular flexibility index (Phi) is 22.5. The number of ether oxygens (including phenoxy) is 2. The lowest BCUT2D eigenvalue weighted by Gasteiger charge is -2.58. The molecule has 362 valence electrons. The number of hydrogen-bond acceptors (Lipinski definition) is 7. The SMILES string of the molecule is CCCCCCCCCCCCCCCCOC(COP(=O)([O-])OCC[N+](C)(C)C)C(OC1CC[C@@]2(C)C(=CCC3C2CC[C@@]2(C)C3CC[C@@H]2[C@H](C)CCCC(C)C)C1)C(=O)O. The molecule has 0 heterocycles. The molecule has 0 aromatic carbocycles. The number of phosphoric acid groups is 1. The number of carbonyl (C=O) groups is 1. The average Bonchev–Trinajstić information content (AvgIpc) is 3.56. The molecule has 4 aliphatic carbocycles.